The molecule has 0 radical (unpaired) electrons. The topological polar surface area (TPSA) is 41.1 Å². The van der Waals surface area contributed by atoms with E-state index in [0.717, 1.165) is 5.56 Å². The van der Waals surface area contributed by atoms with E-state index in [9.17, 15) is 9.18 Å². The van der Waals surface area contributed by atoms with Gasteiger partial charge in [0.25, 0.3) is 0 Å². The lowest BCUT2D eigenvalue weighted by Crippen LogP contribution is -2.35. The number of rotatable bonds is 6. The van der Waals surface area contributed by atoms with Gasteiger partial charge in [-0.3, -0.25) is 4.79 Å². The predicted molar refractivity (Wildman–Crippen MR) is 73.7 cm³/mol. The van der Waals surface area contributed by atoms with E-state index in [1.807, 2.05) is 19.9 Å². The summed E-state index contributed by atoms with van der Waals surface area (Å²) in [5, 5.41) is 5.79. The number of hydrogen-bond donors (Lipinski definition) is 2. The molecule has 0 aromatic heterocycles. The van der Waals surface area contributed by atoms with Crippen molar-refractivity contribution in [1.29, 1.82) is 0 Å². The van der Waals surface area contributed by atoms with Gasteiger partial charge in [-0.25, -0.2) is 4.39 Å². The van der Waals surface area contributed by atoms with Gasteiger partial charge < -0.3 is 10.6 Å². The third kappa shape index (κ3) is 5.14. The Morgan fingerprint density at radius 1 is 1.44 bits per heavy atom. The Morgan fingerprint density at radius 2 is 2.17 bits per heavy atom. The van der Waals surface area contributed by atoms with Crippen molar-refractivity contribution in [3.05, 3.63) is 34.1 Å². The van der Waals surface area contributed by atoms with Gasteiger partial charge in [0, 0.05) is 13.1 Å². The molecule has 0 heterocycles. The molecule has 0 aliphatic rings. The number of nitrogens with one attached hydrogen (secondary N) is 2. The summed E-state index contributed by atoms with van der Waals surface area (Å²) in [6.07, 6.45) is 0. The molecule has 0 saturated heterocycles. The molecule has 1 amide bonds. The maximum Gasteiger partial charge on any atom is 0.233 e. The average molecular weight is 317 g/mol. The lowest BCUT2D eigenvalue weighted by atomic mass is 10.2. The van der Waals surface area contributed by atoms with Crippen LogP contribution in [0.15, 0.2) is 22.7 Å². The summed E-state index contributed by atoms with van der Waals surface area (Å²) in [4.78, 5) is 11.4. The summed E-state index contributed by atoms with van der Waals surface area (Å²) in [5.74, 6) is 0.0982. The molecule has 0 fully saturated rings. The molecule has 0 bridgehead atoms. The highest BCUT2D eigenvalue weighted by Crippen LogP contribution is 2.19. The van der Waals surface area contributed by atoms with E-state index in [4.69, 9.17) is 0 Å². The summed E-state index contributed by atoms with van der Waals surface area (Å²) in [5.41, 5.74) is 0.798. The van der Waals surface area contributed by atoms with E-state index >= 15 is 0 Å². The fourth-order valence-electron chi connectivity index (χ4n) is 1.38. The largest absolute Gasteiger partial charge is 0.355 e. The molecule has 0 atom stereocenters. The Hall–Kier alpha value is -0.940. The molecule has 1 aromatic carbocycles. The summed E-state index contributed by atoms with van der Waals surface area (Å²) >= 11 is 3.18. The molecule has 0 aliphatic heterocycles. The summed E-state index contributed by atoms with van der Waals surface area (Å²) in [6, 6.07) is 4.85. The van der Waals surface area contributed by atoms with Crippen molar-refractivity contribution in [3.63, 3.8) is 0 Å². The second kappa shape index (κ2) is 7.48. The van der Waals surface area contributed by atoms with Gasteiger partial charge in [-0.2, -0.15) is 0 Å². The van der Waals surface area contributed by atoms with Gasteiger partial charge in [0.1, 0.15) is 5.82 Å². The second-order valence-electron chi connectivity index (χ2n) is 4.51. The third-order valence-electron chi connectivity index (χ3n) is 2.34. The number of halogens is 2. The molecule has 1 aromatic rings. The van der Waals surface area contributed by atoms with Crippen LogP contribution in [0, 0.1) is 11.7 Å². The zero-order valence-electron chi connectivity index (χ0n) is 10.6. The molecule has 0 saturated carbocycles. The molecule has 1 rings (SSSR count). The first-order chi connectivity index (χ1) is 8.50. The SMILES string of the molecule is CC(C)CNC(=O)CNCc1cccc(F)c1Br. The molecule has 5 heteroatoms. The smallest absolute Gasteiger partial charge is 0.233 e. The van der Waals surface area contributed by atoms with Crippen LogP contribution in [0.2, 0.25) is 0 Å². The highest BCUT2D eigenvalue weighted by molar-refractivity contribution is 9.10. The molecule has 3 nitrogen and oxygen atoms in total. The van der Waals surface area contributed by atoms with Gasteiger partial charge in [0.05, 0.1) is 11.0 Å². The number of carbonyl (C=O) groups is 1. The van der Waals surface area contributed by atoms with E-state index in [-0.39, 0.29) is 18.3 Å². The van der Waals surface area contributed by atoms with Crippen LogP contribution in [-0.4, -0.2) is 19.0 Å². The number of carbonyl (C=O) groups excluding carboxylic acids is 1. The van der Waals surface area contributed by atoms with Crippen molar-refractivity contribution in [1.82, 2.24) is 10.6 Å². The van der Waals surface area contributed by atoms with Gasteiger partial charge in [0.15, 0.2) is 0 Å². The van der Waals surface area contributed by atoms with Crippen LogP contribution in [0.5, 0.6) is 0 Å². The maximum absolute atomic E-state index is 13.2. The van der Waals surface area contributed by atoms with E-state index in [1.54, 1.807) is 6.07 Å². The minimum absolute atomic E-state index is 0.0452. The molecule has 2 N–H and O–H groups in total. The van der Waals surface area contributed by atoms with Gasteiger partial charge >= 0.3 is 0 Å². The first-order valence-corrected chi connectivity index (χ1v) is 6.70. The Labute approximate surface area is 115 Å². The van der Waals surface area contributed by atoms with Gasteiger partial charge in [-0.1, -0.05) is 26.0 Å². The third-order valence-corrected chi connectivity index (χ3v) is 3.23. The first-order valence-electron chi connectivity index (χ1n) is 5.91. The molecule has 18 heavy (non-hydrogen) atoms. The van der Waals surface area contributed by atoms with E-state index < -0.39 is 0 Å². The fourth-order valence-corrected chi connectivity index (χ4v) is 1.78. The lowest BCUT2D eigenvalue weighted by molar-refractivity contribution is -0.120. The van der Waals surface area contributed by atoms with Gasteiger partial charge in [-0.15, -0.1) is 0 Å². The Balaban J connectivity index is 2.33. The van der Waals surface area contributed by atoms with Crippen molar-refractivity contribution < 1.29 is 9.18 Å². The maximum atomic E-state index is 13.2. The van der Waals surface area contributed by atoms with Crippen LogP contribution < -0.4 is 10.6 Å². The van der Waals surface area contributed by atoms with Crippen LogP contribution in [-0.2, 0) is 11.3 Å². The molecular weight excluding hydrogens is 299 g/mol. The number of benzene rings is 1. The Bertz CT molecular complexity index is 410. The number of hydrogen-bond acceptors (Lipinski definition) is 2. The zero-order chi connectivity index (χ0) is 13.5. The van der Waals surface area contributed by atoms with E-state index in [0.29, 0.717) is 23.5 Å². The molecule has 0 aliphatic carbocycles. The van der Waals surface area contributed by atoms with E-state index in [2.05, 4.69) is 26.6 Å². The summed E-state index contributed by atoms with van der Waals surface area (Å²) < 4.78 is 13.7. The molecule has 0 unspecified atom stereocenters. The van der Waals surface area contributed by atoms with Crippen molar-refractivity contribution >= 4 is 21.8 Å². The van der Waals surface area contributed by atoms with Crippen LogP contribution in [0.4, 0.5) is 4.39 Å². The Kier molecular flexibility index (Phi) is 6.29. The van der Waals surface area contributed by atoms with Crippen LogP contribution in [0.3, 0.4) is 0 Å². The van der Waals surface area contributed by atoms with Gasteiger partial charge in [-0.05, 0) is 33.5 Å². The number of amides is 1. The summed E-state index contributed by atoms with van der Waals surface area (Å²) in [7, 11) is 0. The normalized spacial score (nSPS) is 10.7. The van der Waals surface area contributed by atoms with Crippen molar-refractivity contribution in [2.45, 2.75) is 20.4 Å². The van der Waals surface area contributed by atoms with Crippen LogP contribution >= 0.6 is 15.9 Å². The highest BCUT2D eigenvalue weighted by atomic mass is 79.9. The zero-order valence-corrected chi connectivity index (χ0v) is 12.2. The van der Waals surface area contributed by atoms with Crippen LogP contribution in [0.25, 0.3) is 0 Å². The molecule has 100 valence electrons. The van der Waals surface area contributed by atoms with Crippen LogP contribution in [0.1, 0.15) is 19.4 Å². The Morgan fingerprint density at radius 3 is 2.83 bits per heavy atom. The van der Waals surface area contributed by atoms with Crippen molar-refractivity contribution in [3.8, 4) is 0 Å². The standard InChI is InChI=1S/C13H18BrFN2O/c1-9(2)6-17-12(18)8-16-7-10-4-3-5-11(15)13(10)14/h3-5,9,16H,6-8H2,1-2H3,(H,17,18). The second-order valence-corrected chi connectivity index (χ2v) is 5.31. The predicted octanol–water partition coefficient (Wildman–Crippen LogP) is 2.45. The van der Waals surface area contributed by atoms with Crippen molar-refractivity contribution in [2.24, 2.45) is 5.92 Å². The highest BCUT2D eigenvalue weighted by Gasteiger charge is 2.06. The molecule has 0 spiro atoms. The van der Waals surface area contributed by atoms with Crippen molar-refractivity contribution in [2.75, 3.05) is 13.1 Å². The van der Waals surface area contributed by atoms with Gasteiger partial charge in [0.2, 0.25) is 5.91 Å². The van der Waals surface area contributed by atoms with E-state index in [1.165, 1.54) is 6.07 Å². The summed E-state index contributed by atoms with van der Waals surface area (Å²) in [6.45, 7) is 5.43. The minimum atomic E-state index is -0.293. The minimum Gasteiger partial charge on any atom is -0.355 e. The fraction of sp³-hybridized carbons (Fsp3) is 0.462. The molecular formula is C13H18BrFN2O. The first kappa shape index (κ1) is 15.1. The average Bonchev–Trinajstić information content (AvgIpc) is 2.32. The lowest BCUT2D eigenvalue weighted by Gasteiger charge is -2.09. The monoisotopic (exact) mass is 316 g/mol. The quantitative estimate of drug-likeness (QED) is 0.846.